The highest BCUT2D eigenvalue weighted by Gasteiger charge is 2.33. The van der Waals surface area contributed by atoms with Gasteiger partial charge in [-0.05, 0) is 37.8 Å². The van der Waals surface area contributed by atoms with Gasteiger partial charge >= 0.3 is 0 Å². The van der Waals surface area contributed by atoms with Gasteiger partial charge in [-0.15, -0.1) is 0 Å². The second kappa shape index (κ2) is 4.14. The Kier molecular flexibility index (Phi) is 2.86. The number of hydrogen-bond acceptors (Lipinski definition) is 3. The van der Waals surface area contributed by atoms with E-state index in [2.05, 4.69) is 10.3 Å². The lowest BCUT2D eigenvalue weighted by atomic mass is 9.78. The molecular formula is C11H15FN2O. The lowest BCUT2D eigenvalue weighted by molar-refractivity contribution is -0.0370. The van der Waals surface area contributed by atoms with Gasteiger partial charge in [0.1, 0.15) is 5.82 Å². The van der Waals surface area contributed by atoms with Crippen molar-refractivity contribution in [1.29, 1.82) is 0 Å². The van der Waals surface area contributed by atoms with Gasteiger partial charge in [-0.1, -0.05) is 6.07 Å². The van der Waals surface area contributed by atoms with Crippen molar-refractivity contribution in [3.8, 4) is 0 Å². The fourth-order valence-corrected chi connectivity index (χ4v) is 1.76. The van der Waals surface area contributed by atoms with Crippen LogP contribution in [0.15, 0.2) is 18.2 Å². The topological polar surface area (TPSA) is 45.1 Å². The molecule has 0 amide bonds. The van der Waals surface area contributed by atoms with Crippen molar-refractivity contribution >= 4 is 5.82 Å². The highest BCUT2D eigenvalue weighted by Crippen LogP contribution is 2.34. The normalized spacial score (nSPS) is 18.3. The van der Waals surface area contributed by atoms with Crippen LogP contribution in [0.4, 0.5) is 10.2 Å². The van der Waals surface area contributed by atoms with Gasteiger partial charge in [0, 0.05) is 6.54 Å². The van der Waals surface area contributed by atoms with Crippen LogP contribution in [0.5, 0.6) is 0 Å². The molecule has 0 spiro atoms. The molecule has 82 valence electrons. The molecule has 1 aromatic rings. The molecule has 1 aromatic heterocycles. The third kappa shape index (κ3) is 2.65. The van der Waals surface area contributed by atoms with E-state index in [1.807, 2.05) is 0 Å². The summed E-state index contributed by atoms with van der Waals surface area (Å²) in [5, 5.41) is 12.8. The molecule has 3 nitrogen and oxygen atoms in total. The first kappa shape index (κ1) is 10.4. The summed E-state index contributed by atoms with van der Waals surface area (Å²) in [4.78, 5) is 3.68. The summed E-state index contributed by atoms with van der Waals surface area (Å²) in [6.07, 6.45) is 3.57. The molecule has 1 aliphatic rings. The van der Waals surface area contributed by atoms with E-state index < -0.39 is 11.5 Å². The van der Waals surface area contributed by atoms with Crippen LogP contribution >= 0.6 is 0 Å². The fourth-order valence-electron chi connectivity index (χ4n) is 1.76. The number of aromatic nitrogens is 1. The molecule has 0 aliphatic heterocycles. The first-order valence-corrected chi connectivity index (χ1v) is 5.27. The Bertz CT molecular complexity index is 339. The van der Waals surface area contributed by atoms with Crippen molar-refractivity contribution in [1.82, 2.24) is 4.98 Å². The average Bonchev–Trinajstić information content (AvgIpc) is 2.15. The maximum Gasteiger partial charge on any atom is 0.214 e. The maximum atomic E-state index is 12.7. The van der Waals surface area contributed by atoms with Crippen LogP contribution in [0.1, 0.15) is 25.7 Å². The second-order valence-electron chi connectivity index (χ2n) is 4.10. The minimum atomic E-state index is -0.486. The predicted octanol–water partition coefficient (Wildman–Crippen LogP) is 1.94. The maximum absolute atomic E-state index is 12.7. The molecule has 2 rings (SSSR count). The van der Waals surface area contributed by atoms with Gasteiger partial charge in [-0.25, -0.2) is 4.98 Å². The number of hydrogen-bond donors (Lipinski definition) is 2. The molecule has 0 radical (unpaired) electrons. The zero-order chi connectivity index (χ0) is 10.7. The van der Waals surface area contributed by atoms with E-state index in [1.165, 1.54) is 6.07 Å². The van der Waals surface area contributed by atoms with Crippen LogP contribution in [-0.4, -0.2) is 22.2 Å². The Morgan fingerprint density at radius 3 is 2.87 bits per heavy atom. The molecule has 1 heterocycles. The number of pyridine rings is 1. The van der Waals surface area contributed by atoms with E-state index in [0.717, 1.165) is 19.3 Å². The summed E-state index contributed by atoms with van der Waals surface area (Å²) in [5.41, 5.74) is -0.486. The van der Waals surface area contributed by atoms with Gasteiger partial charge in [-0.2, -0.15) is 4.39 Å². The number of nitrogens with one attached hydrogen (secondary N) is 1. The molecule has 4 heteroatoms. The van der Waals surface area contributed by atoms with E-state index in [9.17, 15) is 9.50 Å². The zero-order valence-corrected chi connectivity index (χ0v) is 8.54. The Labute approximate surface area is 88.3 Å². The molecule has 0 aromatic carbocycles. The summed E-state index contributed by atoms with van der Waals surface area (Å²) in [7, 11) is 0. The van der Waals surface area contributed by atoms with Gasteiger partial charge in [0.15, 0.2) is 0 Å². The molecular weight excluding hydrogens is 195 g/mol. The van der Waals surface area contributed by atoms with Crippen molar-refractivity contribution in [2.24, 2.45) is 0 Å². The molecule has 0 bridgehead atoms. The monoisotopic (exact) mass is 210 g/mol. The van der Waals surface area contributed by atoms with Crippen LogP contribution in [0.2, 0.25) is 0 Å². The van der Waals surface area contributed by atoms with Crippen molar-refractivity contribution in [3.05, 3.63) is 24.1 Å². The first-order valence-electron chi connectivity index (χ1n) is 5.27. The third-order valence-electron chi connectivity index (χ3n) is 2.90. The van der Waals surface area contributed by atoms with Gasteiger partial charge in [0.05, 0.1) is 5.60 Å². The standard InChI is InChI=1S/C11H15FN2O/c12-9-3-1-4-10(14-9)13-8-7-11(15)5-2-6-11/h1,3-4,15H,2,5-8H2,(H,13,14). The van der Waals surface area contributed by atoms with E-state index in [4.69, 9.17) is 0 Å². The highest BCUT2D eigenvalue weighted by molar-refractivity contribution is 5.33. The summed E-state index contributed by atoms with van der Waals surface area (Å²) in [6, 6.07) is 4.64. The Morgan fingerprint density at radius 1 is 1.47 bits per heavy atom. The summed E-state index contributed by atoms with van der Waals surface area (Å²) in [6.45, 7) is 0.632. The predicted molar refractivity (Wildman–Crippen MR) is 56.1 cm³/mol. The second-order valence-corrected chi connectivity index (χ2v) is 4.10. The molecule has 1 aliphatic carbocycles. The highest BCUT2D eigenvalue weighted by atomic mass is 19.1. The molecule has 0 saturated heterocycles. The molecule has 1 saturated carbocycles. The summed E-state index contributed by atoms with van der Waals surface area (Å²) in [5.74, 6) is 0.0419. The summed E-state index contributed by atoms with van der Waals surface area (Å²) < 4.78 is 12.7. The van der Waals surface area contributed by atoms with Gasteiger partial charge < -0.3 is 10.4 Å². The Hall–Kier alpha value is -1.16. The molecule has 2 N–H and O–H groups in total. The largest absolute Gasteiger partial charge is 0.390 e. The van der Waals surface area contributed by atoms with Gasteiger partial charge in [0.2, 0.25) is 5.95 Å². The minimum Gasteiger partial charge on any atom is -0.390 e. The van der Waals surface area contributed by atoms with Crippen LogP contribution in [0.25, 0.3) is 0 Å². The van der Waals surface area contributed by atoms with E-state index >= 15 is 0 Å². The number of halogens is 1. The quantitative estimate of drug-likeness (QED) is 0.746. The van der Waals surface area contributed by atoms with Crippen molar-refractivity contribution in [2.75, 3.05) is 11.9 Å². The number of anilines is 1. The van der Waals surface area contributed by atoms with Crippen LogP contribution in [0, 0.1) is 5.95 Å². The zero-order valence-electron chi connectivity index (χ0n) is 8.54. The SMILES string of the molecule is OC1(CCNc2cccc(F)n2)CCC1. The fraction of sp³-hybridized carbons (Fsp3) is 0.545. The van der Waals surface area contributed by atoms with Crippen molar-refractivity contribution < 1.29 is 9.50 Å². The number of aliphatic hydroxyl groups is 1. The molecule has 0 unspecified atom stereocenters. The minimum absolute atomic E-state index is 0.484. The summed E-state index contributed by atoms with van der Waals surface area (Å²) >= 11 is 0. The van der Waals surface area contributed by atoms with Crippen molar-refractivity contribution in [2.45, 2.75) is 31.3 Å². The third-order valence-corrected chi connectivity index (χ3v) is 2.90. The smallest absolute Gasteiger partial charge is 0.214 e. The van der Waals surface area contributed by atoms with Gasteiger partial charge in [-0.3, -0.25) is 0 Å². The average molecular weight is 210 g/mol. The molecule has 1 fully saturated rings. The van der Waals surface area contributed by atoms with E-state index in [0.29, 0.717) is 18.8 Å². The number of nitrogens with zero attached hydrogens (tertiary/aromatic N) is 1. The lowest BCUT2D eigenvalue weighted by Gasteiger charge is -2.36. The number of rotatable bonds is 4. The van der Waals surface area contributed by atoms with Crippen LogP contribution < -0.4 is 5.32 Å². The van der Waals surface area contributed by atoms with E-state index in [-0.39, 0.29) is 0 Å². The van der Waals surface area contributed by atoms with Crippen LogP contribution in [-0.2, 0) is 0 Å². The Balaban J connectivity index is 1.78. The molecule has 15 heavy (non-hydrogen) atoms. The van der Waals surface area contributed by atoms with Crippen LogP contribution in [0.3, 0.4) is 0 Å². The molecule has 0 atom stereocenters. The van der Waals surface area contributed by atoms with E-state index in [1.54, 1.807) is 12.1 Å². The lowest BCUT2D eigenvalue weighted by Crippen LogP contribution is -2.38. The first-order chi connectivity index (χ1) is 7.18. The van der Waals surface area contributed by atoms with Gasteiger partial charge in [0.25, 0.3) is 0 Å². The van der Waals surface area contributed by atoms with Crippen molar-refractivity contribution in [3.63, 3.8) is 0 Å². The Morgan fingerprint density at radius 2 is 2.27 bits per heavy atom.